The molecule has 1 aromatic heterocycles. The van der Waals surface area contributed by atoms with E-state index in [1.807, 2.05) is 16.9 Å². The number of hydrogen-bond acceptors (Lipinski definition) is 2. The number of hydrogen-bond donors (Lipinski definition) is 1. The van der Waals surface area contributed by atoms with Crippen molar-refractivity contribution in [2.24, 2.45) is 5.41 Å². The van der Waals surface area contributed by atoms with Crippen molar-refractivity contribution in [1.29, 1.82) is 0 Å². The van der Waals surface area contributed by atoms with Crippen LogP contribution in [-0.2, 0) is 6.54 Å². The molecule has 1 aliphatic carbocycles. The second kappa shape index (κ2) is 6.02. The van der Waals surface area contributed by atoms with Crippen molar-refractivity contribution in [3.8, 4) is 5.69 Å². The fraction of sp³-hybridized carbons (Fsp3) is 0.500. The number of aromatic nitrogens is 2. The first-order valence-electron chi connectivity index (χ1n) is 7.95. The molecular formula is C18H25N3. The molecule has 0 amide bonds. The molecule has 0 bridgehead atoms. The van der Waals surface area contributed by atoms with Crippen LogP contribution in [0.2, 0.25) is 0 Å². The standard InChI is InChI=1S/C18H25N3/c1-18(2)10-3-5-16(13-18)19-14-15-6-8-17(9-7-15)21-12-4-11-20-21/h4,6-9,11-12,16,19H,3,5,10,13-14H2,1-2H3. The fourth-order valence-electron chi connectivity index (χ4n) is 3.32. The maximum absolute atomic E-state index is 4.25. The van der Waals surface area contributed by atoms with Gasteiger partial charge in [-0.15, -0.1) is 0 Å². The first-order chi connectivity index (χ1) is 10.1. The van der Waals surface area contributed by atoms with Gasteiger partial charge in [-0.1, -0.05) is 32.4 Å². The summed E-state index contributed by atoms with van der Waals surface area (Å²) in [6.07, 6.45) is 9.09. The molecule has 1 heterocycles. The van der Waals surface area contributed by atoms with E-state index in [2.05, 4.69) is 48.5 Å². The summed E-state index contributed by atoms with van der Waals surface area (Å²) in [5.74, 6) is 0. The average Bonchev–Trinajstić information content (AvgIpc) is 2.99. The molecule has 1 aliphatic rings. The highest BCUT2D eigenvalue weighted by atomic mass is 15.3. The Hall–Kier alpha value is -1.61. The Morgan fingerprint density at radius 2 is 2.10 bits per heavy atom. The van der Waals surface area contributed by atoms with Gasteiger partial charge < -0.3 is 5.32 Å². The second-order valence-corrected chi connectivity index (χ2v) is 6.96. The molecule has 1 fully saturated rings. The molecule has 1 unspecified atom stereocenters. The first-order valence-corrected chi connectivity index (χ1v) is 7.95. The predicted molar refractivity (Wildman–Crippen MR) is 86.4 cm³/mol. The molecule has 0 saturated heterocycles. The highest BCUT2D eigenvalue weighted by Gasteiger charge is 2.27. The van der Waals surface area contributed by atoms with Gasteiger partial charge in [0.1, 0.15) is 0 Å². The van der Waals surface area contributed by atoms with Gasteiger partial charge in [0.2, 0.25) is 0 Å². The Bertz CT molecular complexity index is 555. The molecule has 0 spiro atoms. The molecule has 3 rings (SSSR count). The molecule has 112 valence electrons. The van der Waals surface area contributed by atoms with E-state index in [0.717, 1.165) is 12.2 Å². The summed E-state index contributed by atoms with van der Waals surface area (Å²) >= 11 is 0. The van der Waals surface area contributed by atoms with Gasteiger partial charge in [-0.05, 0) is 48.4 Å². The molecule has 2 aromatic rings. The lowest BCUT2D eigenvalue weighted by molar-refractivity contribution is 0.198. The van der Waals surface area contributed by atoms with E-state index in [-0.39, 0.29) is 0 Å². The predicted octanol–water partition coefficient (Wildman–Crippen LogP) is 3.93. The van der Waals surface area contributed by atoms with Crippen LogP contribution in [0, 0.1) is 5.41 Å². The summed E-state index contributed by atoms with van der Waals surface area (Å²) in [6, 6.07) is 11.3. The van der Waals surface area contributed by atoms with E-state index >= 15 is 0 Å². The van der Waals surface area contributed by atoms with Gasteiger partial charge in [0, 0.05) is 25.0 Å². The van der Waals surface area contributed by atoms with Crippen LogP contribution in [0.25, 0.3) is 5.69 Å². The molecule has 1 atom stereocenters. The van der Waals surface area contributed by atoms with Crippen molar-refractivity contribution < 1.29 is 0 Å². The molecule has 1 aromatic carbocycles. The lowest BCUT2D eigenvalue weighted by atomic mass is 9.75. The van der Waals surface area contributed by atoms with Gasteiger partial charge in [0.05, 0.1) is 5.69 Å². The van der Waals surface area contributed by atoms with Gasteiger partial charge >= 0.3 is 0 Å². The molecule has 1 saturated carbocycles. The van der Waals surface area contributed by atoms with Crippen molar-refractivity contribution in [1.82, 2.24) is 15.1 Å². The zero-order chi connectivity index (χ0) is 14.7. The van der Waals surface area contributed by atoms with Crippen molar-refractivity contribution in [2.45, 2.75) is 52.1 Å². The van der Waals surface area contributed by atoms with Crippen LogP contribution < -0.4 is 5.32 Å². The minimum Gasteiger partial charge on any atom is -0.310 e. The van der Waals surface area contributed by atoms with Gasteiger partial charge in [0.25, 0.3) is 0 Å². The number of rotatable bonds is 4. The van der Waals surface area contributed by atoms with Gasteiger partial charge in [-0.25, -0.2) is 4.68 Å². The summed E-state index contributed by atoms with van der Waals surface area (Å²) in [6.45, 7) is 5.74. The zero-order valence-corrected chi connectivity index (χ0v) is 13.0. The normalized spacial score (nSPS) is 21.3. The van der Waals surface area contributed by atoms with Crippen LogP contribution in [0.4, 0.5) is 0 Å². The van der Waals surface area contributed by atoms with E-state index in [0.29, 0.717) is 11.5 Å². The van der Waals surface area contributed by atoms with Crippen LogP contribution >= 0.6 is 0 Å². The van der Waals surface area contributed by atoms with Crippen molar-refractivity contribution in [3.05, 3.63) is 48.3 Å². The fourth-order valence-corrected chi connectivity index (χ4v) is 3.32. The van der Waals surface area contributed by atoms with E-state index in [4.69, 9.17) is 0 Å². The molecule has 0 aliphatic heterocycles. The van der Waals surface area contributed by atoms with E-state index < -0.39 is 0 Å². The summed E-state index contributed by atoms with van der Waals surface area (Å²) in [7, 11) is 0. The molecule has 3 nitrogen and oxygen atoms in total. The lowest BCUT2D eigenvalue weighted by Crippen LogP contribution is -2.36. The molecule has 1 N–H and O–H groups in total. The van der Waals surface area contributed by atoms with Crippen LogP contribution in [0.1, 0.15) is 45.1 Å². The first kappa shape index (κ1) is 14.3. The summed E-state index contributed by atoms with van der Waals surface area (Å²) in [5.41, 5.74) is 2.96. The third kappa shape index (κ3) is 3.73. The third-order valence-corrected chi connectivity index (χ3v) is 4.51. The maximum atomic E-state index is 4.25. The SMILES string of the molecule is CC1(C)CCCC(NCc2ccc(-n3cccn3)cc2)C1. The molecule has 3 heteroatoms. The maximum Gasteiger partial charge on any atom is 0.0645 e. The van der Waals surface area contributed by atoms with E-state index in [1.54, 1.807) is 6.20 Å². The number of nitrogens with zero attached hydrogens (tertiary/aromatic N) is 2. The van der Waals surface area contributed by atoms with E-state index in [1.165, 1.54) is 31.2 Å². The zero-order valence-electron chi connectivity index (χ0n) is 13.0. The number of benzene rings is 1. The monoisotopic (exact) mass is 283 g/mol. The van der Waals surface area contributed by atoms with Crippen LogP contribution in [-0.4, -0.2) is 15.8 Å². The lowest BCUT2D eigenvalue weighted by Gasteiger charge is -2.35. The Labute approximate surface area is 127 Å². The van der Waals surface area contributed by atoms with Gasteiger partial charge in [0.15, 0.2) is 0 Å². The van der Waals surface area contributed by atoms with E-state index in [9.17, 15) is 0 Å². The number of nitrogens with one attached hydrogen (secondary N) is 1. The van der Waals surface area contributed by atoms with Gasteiger partial charge in [-0.3, -0.25) is 0 Å². The van der Waals surface area contributed by atoms with Crippen molar-refractivity contribution in [3.63, 3.8) is 0 Å². The minimum atomic E-state index is 0.500. The molecular weight excluding hydrogens is 258 g/mol. The highest BCUT2D eigenvalue weighted by molar-refractivity contribution is 5.33. The van der Waals surface area contributed by atoms with Gasteiger partial charge in [-0.2, -0.15) is 5.10 Å². The summed E-state index contributed by atoms with van der Waals surface area (Å²) in [5, 5.41) is 7.98. The Balaban J connectivity index is 1.56. The van der Waals surface area contributed by atoms with Crippen LogP contribution in [0.5, 0.6) is 0 Å². The Kier molecular flexibility index (Phi) is 4.11. The average molecular weight is 283 g/mol. The quantitative estimate of drug-likeness (QED) is 0.921. The topological polar surface area (TPSA) is 29.9 Å². The summed E-state index contributed by atoms with van der Waals surface area (Å²) in [4.78, 5) is 0. The second-order valence-electron chi connectivity index (χ2n) is 6.96. The third-order valence-electron chi connectivity index (χ3n) is 4.51. The molecule has 21 heavy (non-hydrogen) atoms. The molecule has 0 radical (unpaired) electrons. The largest absolute Gasteiger partial charge is 0.310 e. The smallest absolute Gasteiger partial charge is 0.0645 e. The summed E-state index contributed by atoms with van der Waals surface area (Å²) < 4.78 is 1.89. The Morgan fingerprint density at radius 1 is 1.29 bits per heavy atom. The Morgan fingerprint density at radius 3 is 2.76 bits per heavy atom. The highest BCUT2D eigenvalue weighted by Crippen LogP contribution is 2.35. The van der Waals surface area contributed by atoms with Crippen molar-refractivity contribution in [2.75, 3.05) is 0 Å². The minimum absolute atomic E-state index is 0.500. The van der Waals surface area contributed by atoms with Crippen LogP contribution in [0.15, 0.2) is 42.7 Å². The van der Waals surface area contributed by atoms with Crippen molar-refractivity contribution >= 4 is 0 Å². The van der Waals surface area contributed by atoms with Crippen LogP contribution in [0.3, 0.4) is 0 Å².